The van der Waals surface area contributed by atoms with Gasteiger partial charge in [0.25, 0.3) is 5.91 Å². The monoisotopic (exact) mass is 430 g/mol. The molecular weight excluding hydrogens is 404 g/mol. The molecule has 0 aliphatic carbocycles. The average molecular weight is 431 g/mol. The van der Waals surface area contributed by atoms with Gasteiger partial charge < -0.3 is 20.1 Å². The number of carbonyl (C=O) groups excluding carboxylic acids is 1. The standard InChI is InChI=1S/C25H26N4O3/c1-16-8-7-13-26-22(16)25(32,19-9-5-4-6-10-19)24-28-20-12-11-18(14-21(20)29(24)3)23(31)27-15-17(2)30/h4-14,17,30,32H,15H2,1-3H3,(H,27,31)/t17?,25-/m1/s1. The molecule has 1 unspecified atom stereocenters. The van der Waals surface area contributed by atoms with Crippen LogP contribution in [0.2, 0.25) is 0 Å². The predicted octanol–water partition coefficient (Wildman–Crippen LogP) is 2.67. The zero-order valence-electron chi connectivity index (χ0n) is 18.3. The fourth-order valence-electron chi connectivity index (χ4n) is 3.91. The Kier molecular flexibility index (Phi) is 5.78. The topological polar surface area (TPSA) is 100 Å². The van der Waals surface area contributed by atoms with E-state index >= 15 is 0 Å². The van der Waals surface area contributed by atoms with Gasteiger partial charge in [-0.15, -0.1) is 0 Å². The maximum Gasteiger partial charge on any atom is 0.251 e. The van der Waals surface area contributed by atoms with Gasteiger partial charge in [0.15, 0.2) is 11.4 Å². The van der Waals surface area contributed by atoms with Crippen LogP contribution >= 0.6 is 0 Å². The third-order valence-corrected chi connectivity index (χ3v) is 5.57. The Morgan fingerprint density at radius 1 is 1.16 bits per heavy atom. The number of aromatic nitrogens is 3. The van der Waals surface area contributed by atoms with Crippen molar-refractivity contribution < 1.29 is 15.0 Å². The Labute approximate surface area is 186 Å². The molecule has 0 aliphatic heterocycles. The molecule has 2 atom stereocenters. The molecule has 0 fully saturated rings. The van der Waals surface area contributed by atoms with Crippen LogP contribution in [-0.4, -0.2) is 43.3 Å². The van der Waals surface area contributed by atoms with Crippen LogP contribution in [0.1, 0.15) is 39.9 Å². The Hall–Kier alpha value is -3.55. The number of hydrogen-bond acceptors (Lipinski definition) is 5. The summed E-state index contributed by atoms with van der Waals surface area (Å²) in [5.41, 5.74) is 2.20. The molecule has 0 radical (unpaired) electrons. The van der Waals surface area contributed by atoms with Crippen molar-refractivity contribution in [2.24, 2.45) is 7.05 Å². The molecule has 164 valence electrons. The lowest BCUT2D eigenvalue weighted by molar-refractivity contribution is 0.0924. The van der Waals surface area contributed by atoms with Crippen LogP contribution in [0.25, 0.3) is 11.0 Å². The first-order chi connectivity index (χ1) is 15.3. The highest BCUT2D eigenvalue weighted by atomic mass is 16.3. The quantitative estimate of drug-likeness (QED) is 0.437. The number of amides is 1. The molecule has 4 aromatic rings. The van der Waals surface area contributed by atoms with Crippen molar-refractivity contribution in [3.05, 3.63) is 95.1 Å². The summed E-state index contributed by atoms with van der Waals surface area (Å²) in [6, 6.07) is 18.2. The van der Waals surface area contributed by atoms with Gasteiger partial charge in [-0.1, -0.05) is 36.4 Å². The lowest BCUT2D eigenvalue weighted by Crippen LogP contribution is -2.34. The smallest absolute Gasteiger partial charge is 0.251 e. The van der Waals surface area contributed by atoms with Crippen LogP contribution in [0.5, 0.6) is 0 Å². The van der Waals surface area contributed by atoms with Gasteiger partial charge in [0.1, 0.15) is 0 Å². The van der Waals surface area contributed by atoms with Crippen LogP contribution in [0, 0.1) is 6.92 Å². The van der Waals surface area contributed by atoms with E-state index in [1.165, 1.54) is 0 Å². The molecule has 1 amide bonds. The maximum absolute atomic E-state index is 12.5. The Morgan fingerprint density at radius 2 is 1.91 bits per heavy atom. The molecule has 0 saturated carbocycles. The average Bonchev–Trinajstić information content (AvgIpc) is 3.14. The highest BCUT2D eigenvalue weighted by Crippen LogP contribution is 2.37. The van der Waals surface area contributed by atoms with E-state index in [2.05, 4.69) is 10.3 Å². The number of benzene rings is 2. The molecule has 0 saturated heterocycles. The number of hydrogen-bond donors (Lipinski definition) is 3. The summed E-state index contributed by atoms with van der Waals surface area (Å²) in [6.45, 7) is 3.69. The molecule has 2 aromatic carbocycles. The molecule has 32 heavy (non-hydrogen) atoms. The molecule has 0 bridgehead atoms. The number of aryl methyl sites for hydroxylation is 2. The molecule has 7 nitrogen and oxygen atoms in total. The minimum absolute atomic E-state index is 0.167. The molecule has 0 spiro atoms. The second-order valence-electron chi connectivity index (χ2n) is 8.00. The highest BCUT2D eigenvalue weighted by molar-refractivity contribution is 5.97. The number of imidazole rings is 1. The molecule has 2 heterocycles. The van der Waals surface area contributed by atoms with Gasteiger partial charge in [0.05, 0.1) is 22.8 Å². The van der Waals surface area contributed by atoms with E-state index in [4.69, 9.17) is 4.98 Å². The lowest BCUT2D eigenvalue weighted by atomic mass is 9.86. The van der Waals surface area contributed by atoms with E-state index in [1.807, 2.05) is 56.4 Å². The summed E-state index contributed by atoms with van der Waals surface area (Å²) in [5, 5.41) is 24.3. The summed E-state index contributed by atoms with van der Waals surface area (Å²) in [5.74, 6) is 0.122. The predicted molar refractivity (Wildman–Crippen MR) is 122 cm³/mol. The normalized spacial score (nSPS) is 14.2. The highest BCUT2D eigenvalue weighted by Gasteiger charge is 2.41. The van der Waals surface area contributed by atoms with Gasteiger partial charge >= 0.3 is 0 Å². The van der Waals surface area contributed by atoms with Gasteiger partial charge in [-0.25, -0.2) is 4.98 Å². The van der Waals surface area contributed by atoms with E-state index in [9.17, 15) is 15.0 Å². The molecular formula is C25H26N4O3. The first-order valence-corrected chi connectivity index (χ1v) is 10.5. The van der Waals surface area contributed by atoms with E-state index in [0.29, 0.717) is 33.7 Å². The van der Waals surface area contributed by atoms with Crippen LogP contribution in [0.15, 0.2) is 66.9 Å². The van der Waals surface area contributed by atoms with E-state index in [1.54, 1.807) is 35.9 Å². The summed E-state index contributed by atoms with van der Waals surface area (Å²) in [7, 11) is 1.81. The van der Waals surface area contributed by atoms with Crippen molar-refractivity contribution in [1.29, 1.82) is 0 Å². The summed E-state index contributed by atoms with van der Waals surface area (Å²) >= 11 is 0. The third-order valence-electron chi connectivity index (χ3n) is 5.57. The second-order valence-corrected chi connectivity index (χ2v) is 8.00. The Morgan fingerprint density at radius 3 is 2.59 bits per heavy atom. The molecule has 7 heteroatoms. The van der Waals surface area contributed by atoms with Crippen molar-refractivity contribution in [2.75, 3.05) is 6.54 Å². The summed E-state index contributed by atoms with van der Waals surface area (Å²) < 4.78 is 1.79. The minimum atomic E-state index is -1.59. The third kappa shape index (κ3) is 3.77. The number of pyridine rings is 1. The Bertz CT molecular complexity index is 1270. The van der Waals surface area contributed by atoms with Crippen LogP contribution in [0.4, 0.5) is 0 Å². The van der Waals surface area contributed by atoms with Crippen LogP contribution in [-0.2, 0) is 12.6 Å². The van der Waals surface area contributed by atoms with Gasteiger partial charge in [-0.3, -0.25) is 9.78 Å². The largest absolute Gasteiger partial charge is 0.392 e. The van der Waals surface area contributed by atoms with Crippen LogP contribution in [0.3, 0.4) is 0 Å². The van der Waals surface area contributed by atoms with E-state index < -0.39 is 11.7 Å². The zero-order valence-corrected chi connectivity index (χ0v) is 18.3. The fraction of sp³-hybridized carbons (Fsp3) is 0.240. The first kappa shape index (κ1) is 21.7. The fourth-order valence-corrected chi connectivity index (χ4v) is 3.91. The SMILES string of the molecule is Cc1cccnc1[C@](O)(c1ccccc1)c1nc2ccc(C(=O)NCC(C)O)cc2n1C. The molecule has 4 rings (SSSR count). The van der Waals surface area contributed by atoms with Crippen molar-refractivity contribution in [1.82, 2.24) is 19.9 Å². The van der Waals surface area contributed by atoms with Crippen LogP contribution < -0.4 is 5.32 Å². The minimum Gasteiger partial charge on any atom is -0.392 e. The molecule has 0 aliphatic rings. The number of rotatable bonds is 6. The van der Waals surface area contributed by atoms with E-state index in [-0.39, 0.29) is 12.5 Å². The lowest BCUT2D eigenvalue weighted by Gasteiger charge is -2.29. The van der Waals surface area contributed by atoms with Crippen molar-refractivity contribution in [3.63, 3.8) is 0 Å². The number of aliphatic hydroxyl groups is 2. The van der Waals surface area contributed by atoms with Gasteiger partial charge in [-0.2, -0.15) is 0 Å². The maximum atomic E-state index is 12.5. The van der Waals surface area contributed by atoms with Crippen molar-refractivity contribution in [3.8, 4) is 0 Å². The number of aliphatic hydroxyl groups excluding tert-OH is 1. The zero-order chi connectivity index (χ0) is 22.9. The Balaban J connectivity index is 1.88. The number of nitrogens with one attached hydrogen (secondary N) is 1. The summed E-state index contributed by atoms with van der Waals surface area (Å²) in [4.78, 5) is 21.7. The first-order valence-electron chi connectivity index (χ1n) is 10.5. The number of nitrogens with zero attached hydrogens (tertiary/aromatic N) is 3. The second kappa shape index (κ2) is 8.53. The number of fused-ring (bicyclic) bond motifs is 1. The van der Waals surface area contributed by atoms with Gasteiger partial charge in [0, 0.05) is 25.4 Å². The number of carbonyl (C=O) groups is 1. The molecule has 2 aromatic heterocycles. The van der Waals surface area contributed by atoms with E-state index in [0.717, 1.165) is 5.56 Å². The van der Waals surface area contributed by atoms with Gasteiger partial charge in [-0.05, 0) is 49.2 Å². The van der Waals surface area contributed by atoms with Gasteiger partial charge in [0.2, 0.25) is 0 Å². The molecule has 3 N–H and O–H groups in total. The van der Waals surface area contributed by atoms with Crippen molar-refractivity contribution in [2.45, 2.75) is 25.6 Å². The van der Waals surface area contributed by atoms with Crippen molar-refractivity contribution >= 4 is 16.9 Å². The summed E-state index contributed by atoms with van der Waals surface area (Å²) in [6.07, 6.45) is 1.03.